The fourth-order valence-corrected chi connectivity index (χ4v) is 2.29. The zero-order chi connectivity index (χ0) is 14.6. The van der Waals surface area contributed by atoms with Crippen molar-refractivity contribution in [1.29, 1.82) is 0 Å². The summed E-state index contributed by atoms with van der Waals surface area (Å²) in [5, 5.41) is 3.70. The molecule has 20 heavy (non-hydrogen) atoms. The van der Waals surface area contributed by atoms with E-state index in [0.29, 0.717) is 12.5 Å². The summed E-state index contributed by atoms with van der Waals surface area (Å²) in [7, 11) is 1.59. The van der Waals surface area contributed by atoms with Gasteiger partial charge in [0.1, 0.15) is 11.4 Å². The molecule has 0 aliphatic heterocycles. The number of anilines is 1. The number of hydrogen-bond acceptors (Lipinski definition) is 3. The van der Waals surface area contributed by atoms with Crippen molar-refractivity contribution in [3.8, 4) is 5.75 Å². The van der Waals surface area contributed by atoms with Crippen LogP contribution < -0.4 is 10.1 Å². The second-order valence-corrected chi connectivity index (χ2v) is 5.89. The van der Waals surface area contributed by atoms with Crippen molar-refractivity contribution in [2.45, 2.75) is 25.4 Å². The van der Waals surface area contributed by atoms with Crippen LogP contribution in [0.2, 0.25) is 0 Å². The Bertz CT molecular complexity index is 459. The molecule has 1 saturated carbocycles. The van der Waals surface area contributed by atoms with Gasteiger partial charge < -0.3 is 14.8 Å². The Balaban J connectivity index is 1.97. The van der Waals surface area contributed by atoms with Crippen LogP contribution in [-0.4, -0.2) is 30.6 Å². The minimum Gasteiger partial charge on any atom is -0.493 e. The average molecular weight is 342 g/mol. The Kier molecular flexibility index (Phi) is 5.05. The highest BCUT2D eigenvalue weighted by Gasteiger charge is 2.47. The van der Waals surface area contributed by atoms with Crippen LogP contribution in [0.25, 0.3) is 0 Å². The molecule has 0 spiro atoms. The predicted molar refractivity (Wildman–Crippen MR) is 82.5 cm³/mol. The van der Waals surface area contributed by atoms with Crippen molar-refractivity contribution >= 4 is 27.5 Å². The molecule has 2 rings (SSSR count). The maximum Gasteiger partial charge on any atom is 0.256 e. The number of carbonyl (C=O) groups is 1. The van der Waals surface area contributed by atoms with Crippen molar-refractivity contribution in [3.05, 3.63) is 24.3 Å². The van der Waals surface area contributed by atoms with Gasteiger partial charge in [-0.2, -0.15) is 0 Å². The first-order chi connectivity index (χ1) is 9.60. The first-order valence-electron chi connectivity index (χ1n) is 6.75. The number of halogens is 1. The summed E-state index contributed by atoms with van der Waals surface area (Å²) in [6, 6.07) is 7.37. The number of amides is 1. The Labute approximate surface area is 128 Å². The van der Waals surface area contributed by atoms with E-state index < -0.39 is 5.60 Å². The average Bonchev–Trinajstić information content (AvgIpc) is 3.30. The molecule has 0 bridgehead atoms. The normalized spacial score (nSPS) is 17.4. The first kappa shape index (κ1) is 15.3. The van der Waals surface area contributed by atoms with Crippen LogP contribution >= 0.6 is 15.9 Å². The van der Waals surface area contributed by atoms with E-state index in [1.54, 1.807) is 7.11 Å². The fraction of sp³-hybridized carbons (Fsp3) is 0.533. The third-order valence-electron chi connectivity index (χ3n) is 3.69. The maximum absolute atomic E-state index is 12.3. The topological polar surface area (TPSA) is 47.6 Å². The van der Waals surface area contributed by atoms with Gasteiger partial charge in [-0.3, -0.25) is 4.79 Å². The molecule has 110 valence electrons. The molecule has 0 saturated heterocycles. The maximum atomic E-state index is 12.3. The molecule has 5 heteroatoms. The molecule has 0 heterocycles. The van der Waals surface area contributed by atoms with Gasteiger partial charge in [0.05, 0.1) is 6.61 Å². The van der Waals surface area contributed by atoms with Gasteiger partial charge in [-0.15, -0.1) is 0 Å². The molecule has 1 aliphatic carbocycles. The Morgan fingerprint density at radius 1 is 1.40 bits per heavy atom. The molecule has 1 aromatic carbocycles. The lowest BCUT2D eigenvalue weighted by atomic mass is 9.99. The minimum absolute atomic E-state index is 0.0865. The molecule has 0 unspecified atom stereocenters. The smallest absolute Gasteiger partial charge is 0.256 e. The molecule has 1 aliphatic rings. The summed E-state index contributed by atoms with van der Waals surface area (Å²) in [6.45, 7) is 2.47. The summed E-state index contributed by atoms with van der Waals surface area (Å²) in [5.41, 5.74) is 0.0237. The van der Waals surface area contributed by atoms with Crippen LogP contribution in [0.1, 0.15) is 19.8 Å². The summed E-state index contributed by atoms with van der Waals surface area (Å²) in [5.74, 6) is 1.03. The van der Waals surface area contributed by atoms with Gasteiger partial charge >= 0.3 is 0 Å². The van der Waals surface area contributed by atoms with Crippen molar-refractivity contribution in [1.82, 2.24) is 0 Å². The number of rotatable bonds is 7. The zero-order valence-corrected chi connectivity index (χ0v) is 13.4. The number of nitrogens with one attached hydrogen (secondary N) is 1. The number of ether oxygens (including phenoxy) is 2. The van der Waals surface area contributed by atoms with Gasteiger partial charge in [-0.05, 0) is 49.9 Å². The number of carbonyl (C=O) groups excluding carboxylic acids is 1. The summed E-state index contributed by atoms with van der Waals surface area (Å²) in [4.78, 5) is 12.3. The van der Waals surface area contributed by atoms with E-state index in [1.807, 2.05) is 31.2 Å². The van der Waals surface area contributed by atoms with E-state index in [-0.39, 0.29) is 5.91 Å². The van der Waals surface area contributed by atoms with Crippen molar-refractivity contribution in [2.75, 3.05) is 24.4 Å². The quantitative estimate of drug-likeness (QED) is 0.774. The van der Waals surface area contributed by atoms with Crippen LogP contribution in [0.4, 0.5) is 5.69 Å². The van der Waals surface area contributed by atoms with E-state index in [4.69, 9.17) is 9.47 Å². The van der Waals surface area contributed by atoms with Gasteiger partial charge in [0.15, 0.2) is 0 Å². The van der Waals surface area contributed by atoms with Gasteiger partial charge in [0, 0.05) is 18.1 Å². The standard InChI is InChI=1S/C15H20BrNO3/c1-15(19-2,11-3-4-11)14(18)17-12-5-7-13(8-6-12)20-10-9-16/h5-8,11H,3-4,9-10H2,1-2H3,(H,17,18)/t15-/m1/s1. The third-order valence-corrected chi connectivity index (χ3v) is 4.01. The highest BCUT2D eigenvalue weighted by molar-refractivity contribution is 9.09. The molecule has 1 N–H and O–H groups in total. The summed E-state index contributed by atoms with van der Waals surface area (Å²) in [6.07, 6.45) is 2.11. The van der Waals surface area contributed by atoms with Crippen molar-refractivity contribution < 1.29 is 14.3 Å². The molecule has 1 fully saturated rings. The molecule has 0 aromatic heterocycles. The van der Waals surface area contributed by atoms with Gasteiger partial charge in [-0.1, -0.05) is 15.9 Å². The van der Waals surface area contributed by atoms with E-state index in [2.05, 4.69) is 21.2 Å². The first-order valence-corrected chi connectivity index (χ1v) is 7.87. The number of benzene rings is 1. The predicted octanol–water partition coefficient (Wildman–Crippen LogP) is 3.21. The lowest BCUT2D eigenvalue weighted by molar-refractivity contribution is -0.138. The summed E-state index contributed by atoms with van der Waals surface area (Å²) >= 11 is 3.31. The van der Waals surface area contributed by atoms with Crippen molar-refractivity contribution in [2.24, 2.45) is 5.92 Å². The van der Waals surface area contributed by atoms with Crippen LogP contribution in [0, 0.1) is 5.92 Å². The van der Waals surface area contributed by atoms with Crippen LogP contribution in [0.5, 0.6) is 5.75 Å². The molecular formula is C15H20BrNO3. The van der Waals surface area contributed by atoms with E-state index in [1.165, 1.54) is 0 Å². The van der Waals surface area contributed by atoms with Gasteiger partial charge in [0.25, 0.3) is 5.91 Å². The van der Waals surface area contributed by atoms with Crippen LogP contribution in [0.3, 0.4) is 0 Å². The number of hydrogen-bond donors (Lipinski definition) is 1. The largest absolute Gasteiger partial charge is 0.493 e. The second-order valence-electron chi connectivity index (χ2n) is 5.10. The SMILES string of the molecule is CO[C@@](C)(C(=O)Nc1ccc(OCCBr)cc1)C1CC1. The lowest BCUT2D eigenvalue weighted by Gasteiger charge is -2.26. The monoisotopic (exact) mass is 341 g/mol. The van der Waals surface area contributed by atoms with Crippen LogP contribution in [0.15, 0.2) is 24.3 Å². The Morgan fingerprint density at radius 3 is 2.55 bits per heavy atom. The van der Waals surface area contributed by atoms with Crippen molar-refractivity contribution in [3.63, 3.8) is 0 Å². The second kappa shape index (κ2) is 6.59. The Morgan fingerprint density at radius 2 is 2.05 bits per heavy atom. The molecule has 1 amide bonds. The minimum atomic E-state index is -0.731. The highest BCUT2D eigenvalue weighted by Crippen LogP contribution is 2.42. The van der Waals surface area contributed by atoms with Gasteiger partial charge in [0.2, 0.25) is 0 Å². The molecule has 1 aromatic rings. The fourth-order valence-electron chi connectivity index (χ4n) is 2.13. The molecular weight excluding hydrogens is 322 g/mol. The van der Waals surface area contributed by atoms with Crippen LogP contribution in [-0.2, 0) is 9.53 Å². The van der Waals surface area contributed by atoms with Gasteiger partial charge in [-0.25, -0.2) is 0 Å². The van der Waals surface area contributed by atoms with E-state index in [0.717, 1.165) is 29.6 Å². The van der Waals surface area contributed by atoms with E-state index in [9.17, 15) is 4.79 Å². The highest BCUT2D eigenvalue weighted by atomic mass is 79.9. The van der Waals surface area contributed by atoms with E-state index >= 15 is 0 Å². The number of alkyl halides is 1. The lowest BCUT2D eigenvalue weighted by Crippen LogP contribution is -2.43. The number of methoxy groups -OCH3 is 1. The zero-order valence-electron chi connectivity index (χ0n) is 11.8. The summed E-state index contributed by atoms with van der Waals surface area (Å²) < 4.78 is 10.9. The molecule has 4 nitrogen and oxygen atoms in total. The molecule has 1 atom stereocenters. The molecule has 0 radical (unpaired) electrons. The Hall–Kier alpha value is -1.07. The third kappa shape index (κ3) is 3.52.